The molecule has 0 aliphatic carbocycles. The van der Waals surface area contributed by atoms with E-state index in [9.17, 15) is 4.79 Å². The molecule has 7 nitrogen and oxygen atoms in total. The van der Waals surface area contributed by atoms with Gasteiger partial charge in [-0.1, -0.05) is 11.3 Å². The summed E-state index contributed by atoms with van der Waals surface area (Å²) in [6, 6.07) is 0. The molecule has 1 aliphatic rings. The molecule has 1 saturated heterocycles. The summed E-state index contributed by atoms with van der Waals surface area (Å²) in [5.41, 5.74) is -0.395. The zero-order valence-corrected chi connectivity index (χ0v) is 18.2. The van der Waals surface area contributed by atoms with Gasteiger partial charge in [0.05, 0.1) is 11.2 Å². The highest BCUT2D eigenvalue weighted by Crippen LogP contribution is 2.39. The molecule has 2 rings (SSSR count). The molecule has 0 saturated carbocycles. The molecule has 1 amide bonds. The lowest BCUT2D eigenvalue weighted by Gasteiger charge is -2.32. The third kappa shape index (κ3) is 5.78. The molecule has 0 radical (unpaired) electrons. The number of amides is 1. The largest absolute Gasteiger partial charge is 0.491 e. The van der Waals surface area contributed by atoms with Gasteiger partial charge in [0, 0.05) is 17.6 Å². The van der Waals surface area contributed by atoms with Crippen molar-refractivity contribution in [2.45, 2.75) is 65.3 Å². The van der Waals surface area contributed by atoms with Crippen molar-refractivity contribution in [1.29, 1.82) is 0 Å². The Bertz CT molecular complexity index is 694. The van der Waals surface area contributed by atoms with Crippen LogP contribution in [0.2, 0.25) is 0 Å². The summed E-state index contributed by atoms with van der Waals surface area (Å²) >= 11 is 1.36. The van der Waals surface area contributed by atoms with Crippen LogP contribution >= 0.6 is 11.3 Å². The summed E-state index contributed by atoms with van der Waals surface area (Å²) in [4.78, 5) is 17.0. The van der Waals surface area contributed by atoms with E-state index in [1.165, 1.54) is 11.3 Å². The van der Waals surface area contributed by atoms with Crippen LogP contribution < -0.4 is 10.6 Å². The lowest BCUT2D eigenvalue weighted by molar-refractivity contribution is 0.00578. The number of ether oxygens (including phenoxy) is 1. The quantitative estimate of drug-likeness (QED) is 0.740. The first kappa shape index (κ1) is 21.9. The Morgan fingerprint density at radius 2 is 1.89 bits per heavy atom. The van der Waals surface area contributed by atoms with Gasteiger partial charge in [0.1, 0.15) is 5.60 Å². The second kappa shape index (κ2) is 7.91. The van der Waals surface area contributed by atoms with Crippen molar-refractivity contribution in [3.63, 3.8) is 0 Å². The van der Waals surface area contributed by atoms with Gasteiger partial charge in [-0.25, -0.2) is 9.78 Å². The number of anilines is 1. The molecule has 150 valence electrons. The average molecular weight is 395 g/mol. The number of carbonyl (C=O) groups is 1. The lowest BCUT2D eigenvalue weighted by Crippen LogP contribution is -2.41. The van der Waals surface area contributed by atoms with Crippen molar-refractivity contribution in [3.8, 4) is 0 Å². The summed E-state index contributed by atoms with van der Waals surface area (Å²) in [5.74, 6) is 0. The fourth-order valence-electron chi connectivity index (χ4n) is 2.39. The van der Waals surface area contributed by atoms with Crippen LogP contribution in [0.4, 0.5) is 9.93 Å². The van der Waals surface area contributed by atoms with E-state index in [1.54, 1.807) is 6.20 Å². The maximum absolute atomic E-state index is 11.9. The fourth-order valence-corrected chi connectivity index (χ4v) is 3.16. The monoisotopic (exact) mass is 395 g/mol. The first-order valence-corrected chi connectivity index (χ1v) is 9.81. The molecule has 1 aliphatic heterocycles. The third-order valence-corrected chi connectivity index (χ3v) is 5.26. The van der Waals surface area contributed by atoms with Crippen molar-refractivity contribution >= 4 is 35.8 Å². The molecule has 0 unspecified atom stereocenters. The van der Waals surface area contributed by atoms with Crippen LogP contribution in [-0.4, -0.2) is 48.6 Å². The second-order valence-corrected chi connectivity index (χ2v) is 9.59. The van der Waals surface area contributed by atoms with Crippen LogP contribution in [0.25, 0.3) is 6.08 Å². The number of likely N-dealkylation sites (N-methyl/N-ethyl adjacent to an activating group) is 1. The Morgan fingerprint density at radius 3 is 2.41 bits per heavy atom. The van der Waals surface area contributed by atoms with Gasteiger partial charge in [0.25, 0.3) is 0 Å². The van der Waals surface area contributed by atoms with Crippen molar-refractivity contribution < 1.29 is 18.8 Å². The van der Waals surface area contributed by atoms with Gasteiger partial charge in [0.15, 0.2) is 5.13 Å². The third-order valence-electron chi connectivity index (χ3n) is 4.40. The predicted octanol–water partition coefficient (Wildman–Crippen LogP) is 3.72. The Labute approximate surface area is 166 Å². The Kier molecular flexibility index (Phi) is 6.41. The van der Waals surface area contributed by atoms with E-state index in [2.05, 4.69) is 15.6 Å². The van der Waals surface area contributed by atoms with Crippen molar-refractivity contribution in [3.05, 3.63) is 16.5 Å². The van der Waals surface area contributed by atoms with E-state index in [0.29, 0.717) is 11.7 Å². The van der Waals surface area contributed by atoms with E-state index >= 15 is 0 Å². The minimum absolute atomic E-state index is 0.401. The maximum atomic E-state index is 11.9. The van der Waals surface area contributed by atoms with E-state index in [1.807, 2.05) is 61.6 Å². The standard InChI is InChI=1S/C18H30BN3O4S/c1-16(2,3)24-15(23)22-14-21-11-13(27-14)9-12(10-20-8)19-25-17(4,5)18(6,7)26-19/h9,11,20H,10H2,1-8H3,(H,21,22,23). The Morgan fingerprint density at radius 1 is 1.30 bits per heavy atom. The van der Waals surface area contributed by atoms with Crippen LogP contribution in [-0.2, 0) is 14.0 Å². The molecule has 1 fully saturated rings. The summed E-state index contributed by atoms with van der Waals surface area (Å²) < 4.78 is 17.5. The van der Waals surface area contributed by atoms with Gasteiger partial charge in [0.2, 0.25) is 0 Å². The number of hydrogen-bond donors (Lipinski definition) is 2. The first-order valence-electron chi connectivity index (χ1n) is 8.99. The molecule has 2 heterocycles. The molecule has 0 bridgehead atoms. The van der Waals surface area contributed by atoms with E-state index in [-0.39, 0.29) is 0 Å². The number of aromatic nitrogens is 1. The normalized spacial score (nSPS) is 19.3. The fraction of sp³-hybridized carbons (Fsp3) is 0.667. The SMILES string of the molecule is CNCC(=Cc1cnc(NC(=O)OC(C)(C)C)s1)B1OC(C)(C)C(C)(C)O1. The van der Waals surface area contributed by atoms with Gasteiger partial charge in [-0.15, -0.1) is 0 Å². The summed E-state index contributed by atoms with van der Waals surface area (Å²) in [5, 5.41) is 6.29. The van der Waals surface area contributed by atoms with Crippen LogP contribution in [0.1, 0.15) is 53.3 Å². The van der Waals surface area contributed by atoms with Crippen molar-refractivity contribution in [1.82, 2.24) is 10.3 Å². The predicted molar refractivity (Wildman–Crippen MR) is 110 cm³/mol. The number of thiazole rings is 1. The number of carbonyl (C=O) groups excluding carboxylic acids is 1. The van der Waals surface area contributed by atoms with E-state index < -0.39 is 30.0 Å². The topological polar surface area (TPSA) is 81.7 Å². The molecular formula is C18H30BN3O4S. The number of hydrogen-bond acceptors (Lipinski definition) is 7. The van der Waals surface area contributed by atoms with Gasteiger partial charge >= 0.3 is 13.2 Å². The summed E-state index contributed by atoms with van der Waals surface area (Å²) in [7, 11) is 1.44. The van der Waals surface area contributed by atoms with Gasteiger partial charge < -0.3 is 19.4 Å². The first-order chi connectivity index (χ1) is 12.3. The zero-order chi connectivity index (χ0) is 20.5. The minimum atomic E-state index is -0.555. The highest BCUT2D eigenvalue weighted by Gasteiger charge is 2.52. The highest BCUT2D eigenvalue weighted by molar-refractivity contribution is 7.16. The van der Waals surface area contributed by atoms with Crippen LogP contribution in [0.3, 0.4) is 0 Å². The number of rotatable bonds is 5. The molecule has 27 heavy (non-hydrogen) atoms. The van der Waals surface area contributed by atoms with Gasteiger partial charge in [-0.05, 0) is 67.1 Å². The maximum Gasteiger partial charge on any atom is 0.491 e. The molecule has 0 atom stereocenters. The average Bonchev–Trinajstić information content (AvgIpc) is 2.98. The second-order valence-electron chi connectivity index (χ2n) is 8.53. The lowest BCUT2D eigenvalue weighted by atomic mass is 9.77. The zero-order valence-electron chi connectivity index (χ0n) is 17.4. The smallest absolute Gasteiger partial charge is 0.444 e. The van der Waals surface area contributed by atoms with E-state index in [0.717, 1.165) is 10.3 Å². The molecule has 1 aromatic heterocycles. The number of nitrogens with one attached hydrogen (secondary N) is 2. The summed E-state index contributed by atoms with van der Waals surface area (Å²) in [6.45, 7) is 14.2. The van der Waals surface area contributed by atoms with Crippen LogP contribution in [0, 0.1) is 0 Å². The molecule has 0 aromatic carbocycles. The number of nitrogens with zero attached hydrogens (tertiary/aromatic N) is 1. The van der Waals surface area contributed by atoms with Gasteiger partial charge in [-0.2, -0.15) is 0 Å². The Balaban J connectivity index is 2.13. The molecule has 2 N–H and O–H groups in total. The Hall–Kier alpha value is -1.42. The minimum Gasteiger partial charge on any atom is -0.444 e. The molecule has 9 heteroatoms. The molecular weight excluding hydrogens is 365 g/mol. The van der Waals surface area contributed by atoms with Crippen molar-refractivity contribution in [2.75, 3.05) is 18.9 Å². The van der Waals surface area contributed by atoms with Gasteiger partial charge in [-0.3, -0.25) is 5.32 Å². The molecule has 1 aromatic rings. The van der Waals surface area contributed by atoms with Crippen LogP contribution in [0.5, 0.6) is 0 Å². The summed E-state index contributed by atoms with van der Waals surface area (Å²) in [6.07, 6.45) is 3.17. The van der Waals surface area contributed by atoms with E-state index in [4.69, 9.17) is 14.0 Å². The van der Waals surface area contributed by atoms with Crippen molar-refractivity contribution in [2.24, 2.45) is 0 Å². The van der Waals surface area contributed by atoms with Crippen LogP contribution in [0.15, 0.2) is 11.7 Å². The highest BCUT2D eigenvalue weighted by atomic mass is 32.1. The molecule has 0 spiro atoms.